The third kappa shape index (κ3) is 15.6. The molecule has 0 aromatic heterocycles. The predicted octanol–water partition coefficient (Wildman–Crippen LogP) is 21.3. The summed E-state index contributed by atoms with van der Waals surface area (Å²) >= 11 is 0. The number of halogens is 6. The van der Waals surface area contributed by atoms with Crippen LogP contribution < -0.4 is 14.2 Å². The van der Waals surface area contributed by atoms with Gasteiger partial charge in [0, 0.05) is 16.7 Å². The van der Waals surface area contributed by atoms with E-state index in [1.807, 2.05) is 43.3 Å². The summed E-state index contributed by atoms with van der Waals surface area (Å²) in [5.74, 6) is -0.910. The first-order valence-electron chi connectivity index (χ1n) is 29.5. The Bertz CT molecular complexity index is 2750. The van der Waals surface area contributed by atoms with E-state index in [1.54, 1.807) is 32.0 Å². The van der Waals surface area contributed by atoms with Crippen molar-refractivity contribution in [2.45, 2.75) is 175 Å². The van der Waals surface area contributed by atoms with Crippen LogP contribution >= 0.6 is 0 Å². The Balaban J connectivity index is 0.000000170. The van der Waals surface area contributed by atoms with E-state index in [2.05, 4.69) is 57.2 Å². The molecule has 3 fully saturated rings. The van der Waals surface area contributed by atoms with Crippen LogP contribution in [0.4, 0.5) is 26.3 Å². The van der Waals surface area contributed by atoms with Crippen LogP contribution in [-0.4, -0.2) is 19.8 Å². The lowest BCUT2D eigenvalue weighted by atomic mass is 9.77. The molecule has 0 N–H and O–H groups in total. The average molecular weight is 1080 g/mol. The van der Waals surface area contributed by atoms with E-state index in [-0.39, 0.29) is 33.9 Å². The van der Waals surface area contributed by atoms with Gasteiger partial charge in [0.05, 0.1) is 19.8 Å². The van der Waals surface area contributed by atoms with E-state index in [4.69, 9.17) is 14.2 Å². The molecular weight excluding hydrogens is 991 g/mol. The minimum absolute atomic E-state index is 0.0152. The highest BCUT2D eigenvalue weighted by atomic mass is 19.2. The lowest BCUT2D eigenvalue weighted by Crippen LogP contribution is -2.13. The summed E-state index contributed by atoms with van der Waals surface area (Å²) in [4.78, 5) is 0. The molecule has 420 valence electrons. The summed E-state index contributed by atoms with van der Waals surface area (Å²) in [5.41, 5.74) is 6.90. The van der Waals surface area contributed by atoms with Gasteiger partial charge in [0.2, 0.25) is 17.5 Å². The van der Waals surface area contributed by atoms with Crippen molar-refractivity contribution in [2.75, 3.05) is 19.8 Å². The summed E-state index contributed by atoms with van der Waals surface area (Å²) in [5, 5.41) is 0. The zero-order valence-corrected chi connectivity index (χ0v) is 47.2. The molecule has 0 amide bonds. The smallest absolute Gasteiger partial charge is 0.201 e. The zero-order chi connectivity index (χ0) is 55.6. The number of hydrogen-bond donors (Lipinski definition) is 0. The highest BCUT2D eigenvalue weighted by Gasteiger charge is 2.26. The summed E-state index contributed by atoms with van der Waals surface area (Å²) in [6.07, 6.45) is 22.4. The molecule has 0 atom stereocenters. The molecule has 9 rings (SSSR count). The third-order valence-electron chi connectivity index (χ3n) is 16.8. The molecule has 0 unspecified atom stereocenters. The fourth-order valence-corrected chi connectivity index (χ4v) is 12.2. The van der Waals surface area contributed by atoms with Crippen molar-refractivity contribution in [2.24, 2.45) is 17.8 Å². The quantitative estimate of drug-likeness (QED) is 0.0803. The molecule has 0 heterocycles. The largest absolute Gasteiger partial charge is 0.491 e. The van der Waals surface area contributed by atoms with Crippen LogP contribution in [0.2, 0.25) is 0 Å². The standard InChI is InChI=1S/C24H30F2O.C23H28F2O.C22H26F2O/c1-3-5-17-6-8-18(9-7-17)19-10-12-20(13-11-19)21-14-15-22(27-16-4-2)24(26)23(21)25;1-3-5-16-6-8-17(9-7-16)18-10-12-19(13-11-18)20-14-15-21(26-4-2)23(25)22(20)24;1-3-15-5-7-16(8-6-15)17-9-11-18(12-10-17)19-13-14-20(25-4-2)22(24)21(19)23/h10-15,17-18H,3-9,16H2,1-2H3;10-17H,3-9H2,1-2H3;9-16H,3-8H2,1-2H3. The minimum Gasteiger partial charge on any atom is -0.491 e. The van der Waals surface area contributed by atoms with Gasteiger partial charge in [-0.05, 0) is 203 Å². The molecule has 3 saturated carbocycles. The molecule has 3 aliphatic rings. The Morgan fingerprint density at radius 2 is 0.615 bits per heavy atom. The van der Waals surface area contributed by atoms with E-state index in [9.17, 15) is 26.3 Å². The van der Waals surface area contributed by atoms with E-state index < -0.39 is 34.9 Å². The van der Waals surface area contributed by atoms with Crippen LogP contribution in [-0.2, 0) is 0 Å². The predicted molar refractivity (Wildman–Crippen MR) is 308 cm³/mol. The maximum atomic E-state index is 14.5. The Morgan fingerprint density at radius 1 is 0.321 bits per heavy atom. The molecule has 78 heavy (non-hydrogen) atoms. The van der Waals surface area contributed by atoms with Crippen molar-refractivity contribution in [3.8, 4) is 50.6 Å². The summed E-state index contributed by atoms with van der Waals surface area (Å²) in [7, 11) is 0. The van der Waals surface area contributed by atoms with Gasteiger partial charge in [-0.3, -0.25) is 0 Å². The maximum Gasteiger partial charge on any atom is 0.201 e. The molecule has 6 aromatic carbocycles. The van der Waals surface area contributed by atoms with E-state index in [0.29, 0.717) is 54.3 Å². The van der Waals surface area contributed by atoms with Crippen molar-refractivity contribution in [3.05, 3.63) is 161 Å². The first kappa shape index (κ1) is 60.0. The second-order valence-corrected chi connectivity index (χ2v) is 21.9. The number of ether oxygens (including phenoxy) is 3. The number of rotatable bonds is 18. The SMILES string of the molecule is CCCC1CCC(c2ccc(-c3ccc(OCC)c(F)c3F)cc2)CC1.CCCOc1ccc(-c2ccc(C3CCC(CCC)CC3)cc2)c(F)c1F.CCOc1ccc(-c2ccc(C3CCC(CC)CC3)cc2)c(F)c1F. The second kappa shape index (κ2) is 30.0. The topological polar surface area (TPSA) is 27.7 Å². The first-order valence-corrected chi connectivity index (χ1v) is 29.5. The van der Waals surface area contributed by atoms with Gasteiger partial charge in [0.25, 0.3) is 0 Å². The molecule has 0 aliphatic heterocycles. The van der Waals surface area contributed by atoms with Crippen molar-refractivity contribution >= 4 is 0 Å². The van der Waals surface area contributed by atoms with Crippen molar-refractivity contribution in [1.82, 2.24) is 0 Å². The van der Waals surface area contributed by atoms with Crippen LogP contribution in [0.25, 0.3) is 33.4 Å². The zero-order valence-electron chi connectivity index (χ0n) is 47.2. The molecule has 0 saturated heterocycles. The average Bonchev–Trinajstić information content (AvgIpc) is 3.50. The van der Waals surface area contributed by atoms with Gasteiger partial charge in [-0.2, -0.15) is 13.2 Å². The van der Waals surface area contributed by atoms with Gasteiger partial charge in [0.15, 0.2) is 34.7 Å². The fraction of sp³-hybridized carbons (Fsp3) is 0.478. The molecular formula is C69H84F6O3. The van der Waals surface area contributed by atoms with Crippen LogP contribution in [0, 0.1) is 52.7 Å². The Kier molecular flexibility index (Phi) is 23.1. The molecule has 0 bridgehead atoms. The maximum absolute atomic E-state index is 14.5. The lowest BCUT2D eigenvalue weighted by molar-refractivity contribution is 0.295. The van der Waals surface area contributed by atoms with Gasteiger partial charge in [-0.15, -0.1) is 0 Å². The fourth-order valence-electron chi connectivity index (χ4n) is 12.2. The van der Waals surface area contributed by atoms with E-state index >= 15 is 0 Å². The normalized spacial score (nSPS) is 20.2. The summed E-state index contributed by atoms with van der Waals surface area (Å²) < 4.78 is 101. The Hall–Kier alpha value is -5.70. The molecule has 6 aromatic rings. The van der Waals surface area contributed by atoms with Crippen LogP contribution in [0.15, 0.2) is 109 Å². The summed E-state index contributed by atoms with van der Waals surface area (Å²) in [6, 6.07) is 33.2. The molecule has 3 aliphatic carbocycles. The highest BCUT2D eigenvalue weighted by molar-refractivity contribution is 5.68. The van der Waals surface area contributed by atoms with Gasteiger partial charge >= 0.3 is 0 Å². The van der Waals surface area contributed by atoms with Crippen molar-refractivity contribution in [1.29, 1.82) is 0 Å². The summed E-state index contributed by atoms with van der Waals surface area (Å²) in [6.45, 7) is 13.2. The van der Waals surface area contributed by atoms with Gasteiger partial charge in [-0.25, -0.2) is 13.2 Å². The third-order valence-corrected chi connectivity index (χ3v) is 16.8. The van der Waals surface area contributed by atoms with Gasteiger partial charge in [0.1, 0.15) is 0 Å². The number of hydrogen-bond acceptors (Lipinski definition) is 3. The first-order chi connectivity index (χ1) is 37.9. The Morgan fingerprint density at radius 3 is 0.885 bits per heavy atom. The van der Waals surface area contributed by atoms with Crippen LogP contribution in [0.5, 0.6) is 17.2 Å². The van der Waals surface area contributed by atoms with Crippen LogP contribution in [0.3, 0.4) is 0 Å². The lowest BCUT2D eigenvalue weighted by Gasteiger charge is -2.28. The minimum atomic E-state index is -0.915. The van der Waals surface area contributed by atoms with Gasteiger partial charge in [-0.1, -0.05) is 133 Å². The monoisotopic (exact) mass is 1070 g/mol. The van der Waals surface area contributed by atoms with Crippen molar-refractivity contribution < 1.29 is 40.6 Å². The van der Waals surface area contributed by atoms with Gasteiger partial charge < -0.3 is 14.2 Å². The number of benzene rings is 6. The Labute approximate surface area is 462 Å². The molecule has 0 radical (unpaired) electrons. The van der Waals surface area contributed by atoms with Crippen molar-refractivity contribution in [3.63, 3.8) is 0 Å². The highest BCUT2D eigenvalue weighted by Crippen LogP contribution is 2.42. The molecule has 9 heteroatoms. The molecule has 3 nitrogen and oxygen atoms in total. The second-order valence-electron chi connectivity index (χ2n) is 21.9. The van der Waals surface area contributed by atoms with Crippen LogP contribution in [0.1, 0.15) is 192 Å². The van der Waals surface area contributed by atoms with E-state index in [0.717, 1.165) is 24.2 Å². The van der Waals surface area contributed by atoms with E-state index in [1.165, 1.54) is 144 Å². The molecule has 0 spiro atoms.